The standard InChI is InChI=1S/C6H7N3S/c7-6(10)8-9-4-2-1-3-5-9/h1-5H,(H2-,7,8,10)/p+1. The second-order valence-corrected chi connectivity index (χ2v) is 2.20. The van der Waals surface area contributed by atoms with Crippen molar-refractivity contribution in [2.75, 3.05) is 5.43 Å². The van der Waals surface area contributed by atoms with Gasteiger partial charge in [0.05, 0.1) is 0 Å². The molecule has 3 N–H and O–H groups in total. The van der Waals surface area contributed by atoms with E-state index in [1.54, 1.807) is 4.68 Å². The van der Waals surface area contributed by atoms with Crippen LogP contribution in [0.4, 0.5) is 0 Å². The summed E-state index contributed by atoms with van der Waals surface area (Å²) in [4.78, 5) is 0. The zero-order valence-corrected chi connectivity index (χ0v) is 6.14. The molecule has 0 aliphatic rings. The van der Waals surface area contributed by atoms with Crippen molar-refractivity contribution in [2.45, 2.75) is 0 Å². The summed E-state index contributed by atoms with van der Waals surface area (Å²) < 4.78 is 1.68. The maximum absolute atomic E-state index is 5.22. The van der Waals surface area contributed by atoms with Gasteiger partial charge in [-0.2, -0.15) is 0 Å². The number of aromatic nitrogens is 1. The van der Waals surface area contributed by atoms with Gasteiger partial charge in [0, 0.05) is 12.1 Å². The number of hydrogen-bond acceptors (Lipinski definition) is 1. The topological polar surface area (TPSA) is 41.9 Å². The summed E-state index contributed by atoms with van der Waals surface area (Å²) in [5.74, 6) is 0. The monoisotopic (exact) mass is 154 g/mol. The number of rotatable bonds is 1. The van der Waals surface area contributed by atoms with E-state index in [9.17, 15) is 0 Å². The molecule has 52 valence electrons. The minimum Gasteiger partial charge on any atom is -0.372 e. The molecule has 1 rings (SSSR count). The maximum Gasteiger partial charge on any atom is 0.221 e. The predicted octanol–water partition coefficient (Wildman–Crippen LogP) is -0.239. The second-order valence-electron chi connectivity index (χ2n) is 1.76. The molecule has 1 aromatic rings. The van der Waals surface area contributed by atoms with Gasteiger partial charge in [-0.25, -0.2) is 0 Å². The molecule has 4 heteroatoms. The molecule has 0 bridgehead atoms. The summed E-state index contributed by atoms with van der Waals surface area (Å²) in [6, 6.07) is 5.67. The minimum absolute atomic E-state index is 0.260. The minimum atomic E-state index is 0.260. The molecule has 3 nitrogen and oxygen atoms in total. The van der Waals surface area contributed by atoms with Gasteiger partial charge in [0.1, 0.15) is 0 Å². The van der Waals surface area contributed by atoms with Gasteiger partial charge in [0.15, 0.2) is 12.4 Å². The van der Waals surface area contributed by atoms with Crippen molar-refractivity contribution < 1.29 is 4.68 Å². The van der Waals surface area contributed by atoms with Gasteiger partial charge in [0.2, 0.25) is 5.11 Å². The molecule has 0 saturated heterocycles. The van der Waals surface area contributed by atoms with Crippen LogP contribution < -0.4 is 15.8 Å². The highest BCUT2D eigenvalue weighted by Crippen LogP contribution is 1.73. The summed E-state index contributed by atoms with van der Waals surface area (Å²) in [5, 5.41) is 0.260. The molecule has 0 aliphatic carbocycles. The number of nitrogens with zero attached hydrogens (tertiary/aromatic N) is 1. The molecule has 0 radical (unpaired) electrons. The number of nitrogens with one attached hydrogen (secondary N) is 1. The van der Waals surface area contributed by atoms with Gasteiger partial charge in [-0.1, -0.05) is 10.7 Å². The summed E-state index contributed by atoms with van der Waals surface area (Å²) in [6.45, 7) is 0. The van der Waals surface area contributed by atoms with E-state index in [0.717, 1.165) is 0 Å². The van der Waals surface area contributed by atoms with Crippen LogP contribution in [0.3, 0.4) is 0 Å². The quantitative estimate of drug-likeness (QED) is 0.433. The molecular weight excluding hydrogens is 146 g/mol. The Labute approximate surface area is 64.4 Å². The van der Waals surface area contributed by atoms with E-state index < -0.39 is 0 Å². The lowest BCUT2D eigenvalue weighted by molar-refractivity contribution is -0.640. The lowest BCUT2D eigenvalue weighted by Gasteiger charge is -1.93. The van der Waals surface area contributed by atoms with Crippen molar-refractivity contribution in [3.05, 3.63) is 30.6 Å². The van der Waals surface area contributed by atoms with E-state index in [0.29, 0.717) is 0 Å². The third-order valence-corrected chi connectivity index (χ3v) is 1.05. The van der Waals surface area contributed by atoms with Crippen molar-refractivity contribution in [3.8, 4) is 0 Å². The Balaban J connectivity index is 2.67. The van der Waals surface area contributed by atoms with Crippen molar-refractivity contribution in [1.29, 1.82) is 0 Å². The molecule has 0 saturated carbocycles. The van der Waals surface area contributed by atoms with Gasteiger partial charge in [-0.3, -0.25) is 0 Å². The fourth-order valence-corrected chi connectivity index (χ4v) is 0.706. The molecule has 0 unspecified atom stereocenters. The smallest absolute Gasteiger partial charge is 0.221 e. The van der Waals surface area contributed by atoms with Crippen molar-refractivity contribution in [2.24, 2.45) is 5.73 Å². The zero-order valence-electron chi connectivity index (χ0n) is 5.32. The predicted molar refractivity (Wildman–Crippen MR) is 42.8 cm³/mol. The lowest BCUT2D eigenvalue weighted by Crippen LogP contribution is -2.49. The van der Waals surface area contributed by atoms with Crippen molar-refractivity contribution >= 4 is 17.3 Å². The van der Waals surface area contributed by atoms with Crippen molar-refractivity contribution in [3.63, 3.8) is 0 Å². The first-order valence-electron chi connectivity index (χ1n) is 2.82. The first-order valence-corrected chi connectivity index (χ1v) is 3.22. The lowest BCUT2D eigenvalue weighted by atomic mass is 10.5. The van der Waals surface area contributed by atoms with E-state index in [-0.39, 0.29) is 5.11 Å². The van der Waals surface area contributed by atoms with Crippen molar-refractivity contribution in [1.82, 2.24) is 0 Å². The zero-order chi connectivity index (χ0) is 7.40. The molecule has 1 heterocycles. The van der Waals surface area contributed by atoms with Crippen LogP contribution in [0.5, 0.6) is 0 Å². The van der Waals surface area contributed by atoms with Crippen LogP contribution in [0.2, 0.25) is 0 Å². The summed E-state index contributed by atoms with van der Waals surface area (Å²) in [6.07, 6.45) is 3.64. The fourth-order valence-electron chi connectivity index (χ4n) is 0.600. The molecule has 1 aromatic heterocycles. The van der Waals surface area contributed by atoms with Crippen LogP contribution in [0.1, 0.15) is 0 Å². The highest BCUT2D eigenvalue weighted by atomic mass is 32.1. The normalized spacial score (nSPS) is 8.80. The van der Waals surface area contributed by atoms with E-state index >= 15 is 0 Å². The number of thiocarbonyl (C=S) groups is 1. The third kappa shape index (κ3) is 1.99. The van der Waals surface area contributed by atoms with Gasteiger partial charge in [-0.05, 0) is 12.2 Å². The number of pyridine rings is 1. The number of hydrogen-bond donors (Lipinski definition) is 2. The van der Waals surface area contributed by atoms with E-state index in [1.165, 1.54) is 0 Å². The largest absolute Gasteiger partial charge is 0.372 e. The van der Waals surface area contributed by atoms with Gasteiger partial charge in [-0.15, -0.1) is 5.43 Å². The molecule has 0 fully saturated rings. The average molecular weight is 154 g/mol. The van der Waals surface area contributed by atoms with E-state index in [2.05, 4.69) is 17.6 Å². The third-order valence-electron chi connectivity index (χ3n) is 0.955. The first kappa shape index (κ1) is 6.95. The second kappa shape index (κ2) is 3.12. The summed E-state index contributed by atoms with van der Waals surface area (Å²) >= 11 is 4.62. The van der Waals surface area contributed by atoms with Crippen LogP contribution in [-0.2, 0) is 0 Å². The van der Waals surface area contributed by atoms with Crippen LogP contribution in [0.25, 0.3) is 0 Å². The molecule has 0 aliphatic heterocycles. The molecular formula is C6H8N3S+. The first-order chi connectivity index (χ1) is 4.79. The Bertz CT molecular complexity index is 222. The SMILES string of the molecule is NC(=S)N[n+]1ccccc1. The van der Waals surface area contributed by atoms with Crippen LogP contribution >= 0.6 is 12.2 Å². The summed E-state index contributed by atoms with van der Waals surface area (Å²) in [7, 11) is 0. The van der Waals surface area contributed by atoms with Crippen LogP contribution in [0, 0.1) is 0 Å². The molecule has 0 spiro atoms. The van der Waals surface area contributed by atoms with Gasteiger partial charge >= 0.3 is 0 Å². The van der Waals surface area contributed by atoms with Crippen LogP contribution in [-0.4, -0.2) is 5.11 Å². The number of nitrogens with two attached hydrogens (primary N) is 1. The Morgan fingerprint density at radius 3 is 2.40 bits per heavy atom. The Hall–Kier alpha value is -1.16. The maximum atomic E-state index is 5.22. The molecule has 0 atom stereocenters. The molecule has 10 heavy (non-hydrogen) atoms. The van der Waals surface area contributed by atoms with Crippen LogP contribution in [0.15, 0.2) is 30.6 Å². The Kier molecular flexibility index (Phi) is 2.17. The highest BCUT2D eigenvalue weighted by molar-refractivity contribution is 7.80. The summed E-state index contributed by atoms with van der Waals surface area (Å²) in [5.41, 5.74) is 7.95. The van der Waals surface area contributed by atoms with E-state index in [4.69, 9.17) is 5.73 Å². The Morgan fingerprint density at radius 2 is 1.90 bits per heavy atom. The van der Waals surface area contributed by atoms with Gasteiger partial charge < -0.3 is 5.73 Å². The van der Waals surface area contributed by atoms with Gasteiger partial charge in [0.25, 0.3) is 0 Å². The highest BCUT2D eigenvalue weighted by Gasteiger charge is 1.94. The molecule has 0 amide bonds. The fraction of sp³-hybridized carbons (Fsp3) is 0. The molecule has 0 aromatic carbocycles. The van der Waals surface area contributed by atoms with E-state index in [1.807, 2.05) is 30.6 Å². The Morgan fingerprint density at radius 1 is 1.30 bits per heavy atom. The average Bonchev–Trinajstić information content (AvgIpc) is 1.88.